The molecule has 126 valence electrons. The summed E-state index contributed by atoms with van der Waals surface area (Å²) in [5.74, 6) is -2.84. The van der Waals surface area contributed by atoms with Gasteiger partial charge in [-0.25, -0.2) is 8.78 Å². The Morgan fingerprint density at radius 2 is 1.58 bits per heavy atom. The van der Waals surface area contributed by atoms with E-state index >= 15 is 0 Å². The average Bonchev–Trinajstić information content (AvgIpc) is 2.54. The van der Waals surface area contributed by atoms with Crippen LogP contribution in [0, 0.1) is 17.6 Å². The minimum atomic E-state index is -0.903. The summed E-state index contributed by atoms with van der Waals surface area (Å²) in [5, 5.41) is 5.22. The van der Waals surface area contributed by atoms with Crippen LogP contribution in [0.3, 0.4) is 0 Å². The normalized spacial score (nSPS) is 10.5. The molecule has 6 heteroatoms. The van der Waals surface area contributed by atoms with Gasteiger partial charge in [-0.15, -0.1) is 0 Å². The lowest BCUT2D eigenvalue weighted by Crippen LogP contribution is -2.25. The summed E-state index contributed by atoms with van der Waals surface area (Å²) in [6, 6.07) is 10.1. The first-order valence-electron chi connectivity index (χ1n) is 7.50. The summed E-state index contributed by atoms with van der Waals surface area (Å²) in [6.07, 6.45) is 0. The molecule has 0 aromatic heterocycles. The molecule has 2 amide bonds. The minimum absolute atomic E-state index is 0.0916. The highest BCUT2D eigenvalue weighted by atomic mass is 19.1. The third kappa shape index (κ3) is 4.38. The summed E-state index contributed by atoms with van der Waals surface area (Å²) in [7, 11) is 0. The largest absolute Gasteiger partial charge is 0.348 e. The van der Waals surface area contributed by atoms with Crippen molar-refractivity contribution in [2.24, 2.45) is 5.92 Å². The van der Waals surface area contributed by atoms with Gasteiger partial charge in [0.1, 0.15) is 17.2 Å². The molecule has 2 N–H and O–H groups in total. The Morgan fingerprint density at radius 1 is 1.00 bits per heavy atom. The molecular formula is C18H18F2N2O2. The van der Waals surface area contributed by atoms with E-state index in [1.165, 1.54) is 6.07 Å². The number of benzene rings is 2. The van der Waals surface area contributed by atoms with Crippen LogP contribution < -0.4 is 10.6 Å². The van der Waals surface area contributed by atoms with Crippen LogP contribution in [0.1, 0.15) is 29.8 Å². The maximum Gasteiger partial charge on any atom is 0.257 e. The molecule has 2 rings (SSSR count). The van der Waals surface area contributed by atoms with Crippen LogP contribution in [0.25, 0.3) is 0 Å². The highest BCUT2D eigenvalue weighted by molar-refractivity contribution is 5.94. The van der Waals surface area contributed by atoms with Gasteiger partial charge in [0.15, 0.2) is 0 Å². The van der Waals surface area contributed by atoms with Crippen molar-refractivity contribution in [2.75, 3.05) is 5.32 Å². The first-order chi connectivity index (χ1) is 11.4. The second-order valence-corrected chi connectivity index (χ2v) is 5.62. The van der Waals surface area contributed by atoms with Crippen molar-refractivity contribution in [3.05, 3.63) is 65.2 Å². The van der Waals surface area contributed by atoms with E-state index in [1.807, 2.05) is 0 Å². The van der Waals surface area contributed by atoms with Gasteiger partial charge in [0.2, 0.25) is 5.91 Å². The van der Waals surface area contributed by atoms with Crippen LogP contribution >= 0.6 is 0 Å². The third-order valence-corrected chi connectivity index (χ3v) is 3.39. The quantitative estimate of drug-likeness (QED) is 0.880. The molecule has 0 atom stereocenters. The molecular weight excluding hydrogens is 314 g/mol. The van der Waals surface area contributed by atoms with Crippen molar-refractivity contribution >= 4 is 17.5 Å². The molecule has 2 aromatic carbocycles. The van der Waals surface area contributed by atoms with Gasteiger partial charge in [-0.2, -0.15) is 0 Å². The molecule has 0 aliphatic carbocycles. The van der Waals surface area contributed by atoms with Gasteiger partial charge < -0.3 is 10.6 Å². The third-order valence-electron chi connectivity index (χ3n) is 3.39. The standard InChI is InChI=1S/C18H18F2N2O2/c1-11(2)17(23)22-13-8-6-12(7-9-13)10-21-18(24)16-14(19)4-3-5-15(16)20/h3-9,11H,10H2,1-2H3,(H,21,24)(H,22,23). The van der Waals surface area contributed by atoms with Crippen molar-refractivity contribution in [2.45, 2.75) is 20.4 Å². The number of hydrogen-bond donors (Lipinski definition) is 2. The van der Waals surface area contributed by atoms with E-state index in [4.69, 9.17) is 0 Å². The Labute approximate surface area is 138 Å². The lowest BCUT2D eigenvalue weighted by Gasteiger charge is -2.10. The zero-order valence-corrected chi connectivity index (χ0v) is 13.4. The SMILES string of the molecule is CC(C)C(=O)Nc1ccc(CNC(=O)c2c(F)cccc2F)cc1. The minimum Gasteiger partial charge on any atom is -0.348 e. The van der Waals surface area contributed by atoms with Crippen LogP contribution in [0.2, 0.25) is 0 Å². The monoisotopic (exact) mass is 332 g/mol. The van der Waals surface area contributed by atoms with Crippen LogP contribution in [-0.2, 0) is 11.3 Å². The fraction of sp³-hybridized carbons (Fsp3) is 0.222. The Balaban J connectivity index is 1.97. The van der Waals surface area contributed by atoms with Crippen molar-refractivity contribution in [1.82, 2.24) is 5.32 Å². The molecule has 0 aliphatic rings. The predicted molar refractivity (Wildman–Crippen MR) is 87.4 cm³/mol. The Hall–Kier alpha value is -2.76. The molecule has 0 unspecified atom stereocenters. The van der Waals surface area contributed by atoms with E-state index in [9.17, 15) is 18.4 Å². The van der Waals surface area contributed by atoms with Crippen LogP contribution in [0.15, 0.2) is 42.5 Å². The number of amides is 2. The first kappa shape index (κ1) is 17.6. The van der Waals surface area contributed by atoms with E-state index in [2.05, 4.69) is 10.6 Å². The summed E-state index contributed by atoms with van der Waals surface area (Å²) < 4.78 is 27.1. The first-order valence-corrected chi connectivity index (χ1v) is 7.50. The Bertz CT molecular complexity index is 723. The maximum atomic E-state index is 13.5. The Kier molecular flexibility index (Phi) is 5.63. The van der Waals surface area contributed by atoms with Crippen molar-refractivity contribution in [3.8, 4) is 0 Å². The van der Waals surface area contributed by atoms with Gasteiger partial charge >= 0.3 is 0 Å². The number of carbonyl (C=O) groups is 2. The molecule has 0 radical (unpaired) electrons. The highest BCUT2D eigenvalue weighted by Gasteiger charge is 2.16. The lowest BCUT2D eigenvalue weighted by molar-refractivity contribution is -0.118. The molecule has 0 heterocycles. The molecule has 0 fully saturated rings. The summed E-state index contributed by atoms with van der Waals surface area (Å²) in [6.45, 7) is 3.70. The van der Waals surface area contributed by atoms with Gasteiger partial charge in [0, 0.05) is 18.2 Å². The molecule has 4 nitrogen and oxygen atoms in total. The number of anilines is 1. The van der Waals surface area contributed by atoms with Crippen LogP contribution in [0.4, 0.5) is 14.5 Å². The van der Waals surface area contributed by atoms with E-state index in [1.54, 1.807) is 38.1 Å². The number of halogens is 2. The Morgan fingerprint density at radius 3 is 2.12 bits per heavy atom. The number of rotatable bonds is 5. The molecule has 24 heavy (non-hydrogen) atoms. The van der Waals surface area contributed by atoms with Gasteiger partial charge in [-0.05, 0) is 29.8 Å². The molecule has 0 spiro atoms. The fourth-order valence-electron chi connectivity index (χ4n) is 1.98. The number of carbonyl (C=O) groups excluding carboxylic acids is 2. The molecule has 2 aromatic rings. The summed E-state index contributed by atoms with van der Waals surface area (Å²) in [5.41, 5.74) is 0.782. The smallest absolute Gasteiger partial charge is 0.257 e. The summed E-state index contributed by atoms with van der Waals surface area (Å²) in [4.78, 5) is 23.5. The van der Waals surface area contributed by atoms with Crippen molar-refractivity contribution < 1.29 is 18.4 Å². The molecule has 0 bridgehead atoms. The lowest BCUT2D eigenvalue weighted by atomic mass is 10.1. The molecule has 0 aliphatic heterocycles. The fourth-order valence-corrected chi connectivity index (χ4v) is 1.98. The highest BCUT2D eigenvalue weighted by Crippen LogP contribution is 2.13. The van der Waals surface area contributed by atoms with E-state index in [0.717, 1.165) is 17.7 Å². The van der Waals surface area contributed by atoms with Gasteiger partial charge in [-0.3, -0.25) is 9.59 Å². The van der Waals surface area contributed by atoms with Crippen LogP contribution in [0.5, 0.6) is 0 Å². The zero-order chi connectivity index (χ0) is 17.7. The predicted octanol–water partition coefficient (Wildman–Crippen LogP) is 3.49. The van der Waals surface area contributed by atoms with E-state index in [-0.39, 0.29) is 18.4 Å². The molecule has 0 saturated heterocycles. The van der Waals surface area contributed by atoms with Gasteiger partial charge in [-0.1, -0.05) is 32.0 Å². The summed E-state index contributed by atoms with van der Waals surface area (Å²) >= 11 is 0. The van der Waals surface area contributed by atoms with E-state index < -0.39 is 23.1 Å². The van der Waals surface area contributed by atoms with Crippen molar-refractivity contribution in [3.63, 3.8) is 0 Å². The molecule has 0 saturated carbocycles. The topological polar surface area (TPSA) is 58.2 Å². The van der Waals surface area contributed by atoms with Crippen LogP contribution in [-0.4, -0.2) is 11.8 Å². The number of nitrogens with one attached hydrogen (secondary N) is 2. The van der Waals surface area contributed by atoms with Crippen molar-refractivity contribution in [1.29, 1.82) is 0 Å². The second-order valence-electron chi connectivity index (χ2n) is 5.62. The second kappa shape index (κ2) is 7.68. The maximum absolute atomic E-state index is 13.5. The zero-order valence-electron chi connectivity index (χ0n) is 13.4. The van der Waals surface area contributed by atoms with Gasteiger partial charge in [0.25, 0.3) is 5.91 Å². The average molecular weight is 332 g/mol. The number of hydrogen-bond acceptors (Lipinski definition) is 2. The van der Waals surface area contributed by atoms with E-state index in [0.29, 0.717) is 5.69 Å². The van der Waals surface area contributed by atoms with Gasteiger partial charge in [0.05, 0.1) is 0 Å².